The molecule has 1 unspecified atom stereocenters. The highest BCUT2D eigenvalue weighted by Crippen LogP contribution is 2.02. The average Bonchev–Trinajstić information content (AvgIpc) is 2.10. The summed E-state index contributed by atoms with van der Waals surface area (Å²) in [4.78, 5) is 10.5. The summed E-state index contributed by atoms with van der Waals surface area (Å²) in [6.07, 6.45) is 2.13. The van der Waals surface area contributed by atoms with Crippen molar-refractivity contribution in [3.05, 3.63) is 0 Å². The number of esters is 1. The third-order valence-electron chi connectivity index (χ3n) is 1.36. The monoisotopic (exact) mass is 238 g/mol. The number of hydrogen-bond donors (Lipinski definition) is 0. The predicted molar refractivity (Wildman–Crippen MR) is 50.5 cm³/mol. The molecule has 0 aliphatic carbocycles. The molecule has 0 fully saturated rings. The molecule has 12 heavy (non-hydrogen) atoms. The van der Waals surface area contributed by atoms with Gasteiger partial charge in [0.05, 0.1) is 13.7 Å². The van der Waals surface area contributed by atoms with E-state index in [0.29, 0.717) is 13.2 Å². The molecular formula is C8H15BrO3. The maximum Gasteiger partial charge on any atom is 0.321 e. The van der Waals surface area contributed by atoms with Crippen molar-refractivity contribution in [3.63, 3.8) is 0 Å². The number of carbonyl (C=O) groups is 1. The number of methoxy groups -OCH3 is 1. The van der Waals surface area contributed by atoms with Crippen molar-refractivity contribution >= 4 is 21.9 Å². The highest BCUT2D eigenvalue weighted by atomic mass is 79.9. The van der Waals surface area contributed by atoms with Gasteiger partial charge in [-0.2, -0.15) is 0 Å². The topological polar surface area (TPSA) is 35.5 Å². The van der Waals surface area contributed by atoms with E-state index >= 15 is 0 Å². The zero-order valence-corrected chi connectivity index (χ0v) is 9.09. The number of unbranched alkanes of at least 4 members (excludes halogenated alkanes) is 1. The lowest BCUT2D eigenvalue weighted by Crippen LogP contribution is -2.21. The van der Waals surface area contributed by atoms with E-state index in [0.717, 1.165) is 12.8 Å². The first kappa shape index (κ1) is 11.9. The van der Waals surface area contributed by atoms with E-state index in [4.69, 9.17) is 4.74 Å². The largest absolute Gasteiger partial charge is 0.468 e. The second-order valence-corrected chi connectivity index (χ2v) is 3.52. The Morgan fingerprint density at radius 3 is 2.75 bits per heavy atom. The number of alkyl halides is 1. The van der Waals surface area contributed by atoms with Crippen LogP contribution in [-0.2, 0) is 14.3 Å². The SMILES string of the molecule is CCCCOCC(Br)C(=O)OC. The Bertz CT molecular complexity index is 127. The molecule has 72 valence electrons. The fourth-order valence-electron chi connectivity index (χ4n) is 0.629. The third-order valence-corrected chi connectivity index (χ3v) is 2.00. The Morgan fingerprint density at radius 2 is 2.25 bits per heavy atom. The number of ether oxygens (including phenoxy) is 2. The lowest BCUT2D eigenvalue weighted by atomic mass is 10.4. The molecule has 0 bridgehead atoms. The van der Waals surface area contributed by atoms with Crippen LogP contribution in [0.3, 0.4) is 0 Å². The fourth-order valence-corrected chi connectivity index (χ4v) is 1.00. The molecule has 0 saturated heterocycles. The van der Waals surface area contributed by atoms with Gasteiger partial charge in [-0.15, -0.1) is 0 Å². The molecule has 0 aliphatic heterocycles. The summed E-state index contributed by atoms with van der Waals surface area (Å²) in [7, 11) is 1.36. The predicted octanol–water partition coefficient (Wildman–Crippen LogP) is 1.74. The van der Waals surface area contributed by atoms with Crippen LogP contribution in [0.15, 0.2) is 0 Å². The van der Waals surface area contributed by atoms with Gasteiger partial charge in [-0.1, -0.05) is 29.3 Å². The summed E-state index contributed by atoms with van der Waals surface area (Å²) in [5.74, 6) is -0.286. The lowest BCUT2D eigenvalue weighted by molar-refractivity contribution is -0.140. The zero-order chi connectivity index (χ0) is 9.40. The van der Waals surface area contributed by atoms with Gasteiger partial charge in [-0.05, 0) is 6.42 Å². The normalized spacial score (nSPS) is 12.6. The van der Waals surface area contributed by atoms with Crippen molar-refractivity contribution < 1.29 is 14.3 Å². The second-order valence-electron chi connectivity index (χ2n) is 2.42. The van der Waals surface area contributed by atoms with E-state index in [-0.39, 0.29) is 10.8 Å². The zero-order valence-electron chi connectivity index (χ0n) is 7.51. The number of halogens is 1. The molecule has 0 amide bonds. The van der Waals surface area contributed by atoms with Crippen molar-refractivity contribution in [2.24, 2.45) is 0 Å². The molecule has 1 atom stereocenters. The highest BCUT2D eigenvalue weighted by Gasteiger charge is 2.14. The lowest BCUT2D eigenvalue weighted by Gasteiger charge is -2.07. The first-order valence-corrected chi connectivity index (χ1v) is 4.93. The van der Waals surface area contributed by atoms with Crippen LogP contribution in [0.1, 0.15) is 19.8 Å². The molecular weight excluding hydrogens is 224 g/mol. The third kappa shape index (κ3) is 5.55. The van der Waals surface area contributed by atoms with Crippen molar-refractivity contribution in [1.82, 2.24) is 0 Å². The summed E-state index contributed by atoms with van der Waals surface area (Å²) >= 11 is 3.16. The van der Waals surface area contributed by atoms with E-state index in [1.807, 2.05) is 0 Å². The molecule has 0 aromatic carbocycles. The van der Waals surface area contributed by atoms with Gasteiger partial charge < -0.3 is 9.47 Å². The Morgan fingerprint density at radius 1 is 1.58 bits per heavy atom. The molecule has 0 saturated carbocycles. The van der Waals surface area contributed by atoms with Crippen molar-refractivity contribution in [3.8, 4) is 0 Å². The van der Waals surface area contributed by atoms with Gasteiger partial charge in [0, 0.05) is 6.61 Å². The fraction of sp³-hybridized carbons (Fsp3) is 0.875. The summed E-state index contributed by atoms with van der Waals surface area (Å²) in [6.45, 7) is 3.18. The van der Waals surface area contributed by atoms with Gasteiger partial charge in [0.15, 0.2) is 0 Å². The van der Waals surface area contributed by atoms with E-state index in [9.17, 15) is 4.79 Å². The molecule has 0 aliphatic rings. The maximum absolute atomic E-state index is 10.8. The molecule has 0 N–H and O–H groups in total. The average molecular weight is 239 g/mol. The second kappa shape index (κ2) is 7.55. The van der Waals surface area contributed by atoms with Crippen LogP contribution in [0.5, 0.6) is 0 Å². The molecule has 0 heterocycles. The molecule has 0 spiro atoms. The van der Waals surface area contributed by atoms with Crippen LogP contribution < -0.4 is 0 Å². The first-order valence-electron chi connectivity index (χ1n) is 4.02. The van der Waals surface area contributed by atoms with Crippen LogP contribution in [0, 0.1) is 0 Å². The molecule has 0 radical (unpaired) electrons. The Labute approximate surface area is 81.6 Å². The van der Waals surface area contributed by atoms with Crippen molar-refractivity contribution in [1.29, 1.82) is 0 Å². The van der Waals surface area contributed by atoms with Gasteiger partial charge in [-0.25, -0.2) is 0 Å². The minimum Gasteiger partial charge on any atom is -0.468 e. The molecule has 0 aromatic heterocycles. The standard InChI is InChI=1S/C8H15BrO3/c1-3-4-5-12-6-7(9)8(10)11-2/h7H,3-6H2,1-2H3. The minimum absolute atomic E-state index is 0.286. The van der Waals surface area contributed by atoms with E-state index in [1.54, 1.807) is 0 Å². The summed E-state index contributed by atoms with van der Waals surface area (Å²) in [6, 6.07) is 0. The van der Waals surface area contributed by atoms with Crippen LogP contribution >= 0.6 is 15.9 Å². The molecule has 0 rings (SSSR count). The van der Waals surface area contributed by atoms with Crippen molar-refractivity contribution in [2.75, 3.05) is 20.3 Å². The van der Waals surface area contributed by atoms with Gasteiger partial charge in [-0.3, -0.25) is 4.79 Å². The first-order chi connectivity index (χ1) is 5.72. The maximum atomic E-state index is 10.8. The summed E-state index contributed by atoms with van der Waals surface area (Å²) < 4.78 is 9.71. The van der Waals surface area contributed by atoms with E-state index in [2.05, 4.69) is 27.6 Å². The summed E-state index contributed by atoms with van der Waals surface area (Å²) in [5.41, 5.74) is 0. The van der Waals surface area contributed by atoms with Crippen LogP contribution in [0.4, 0.5) is 0 Å². The number of rotatable bonds is 6. The molecule has 0 aromatic rings. The molecule has 4 heteroatoms. The smallest absolute Gasteiger partial charge is 0.321 e. The van der Waals surface area contributed by atoms with Crippen LogP contribution in [0.25, 0.3) is 0 Å². The minimum atomic E-state index is -0.334. The van der Waals surface area contributed by atoms with Crippen LogP contribution in [0.2, 0.25) is 0 Å². The van der Waals surface area contributed by atoms with Gasteiger partial charge in [0.2, 0.25) is 0 Å². The quantitative estimate of drug-likeness (QED) is 0.402. The summed E-state index contributed by atoms with van der Waals surface area (Å²) in [5, 5.41) is 0. The van der Waals surface area contributed by atoms with E-state index in [1.165, 1.54) is 7.11 Å². The van der Waals surface area contributed by atoms with Gasteiger partial charge >= 0.3 is 5.97 Å². The Hall–Kier alpha value is -0.0900. The molecule has 3 nitrogen and oxygen atoms in total. The number of hydrogen-bond acceptors (Lipinski definition) is 3. The van der Waals surface area contributed by atoms with Crippen molar-refractivity contribution in [2.45, 2.75) is 24.6 Å². The Kier molecular flexibility index (Phi) is 7.50. The number of carbonyl (C=O) groups excluding carboxylic acids is 1. The Balaban J connectivity index is 3.31. The van der Waals surface area contributed by atoms with Gasteiger partial charge in [0.25, 0.3) is 0 Å². The van der Waals surface area contributed by atoms with Crippen LogP contribution in [-0.4, -0.2) is 31.1 Å². The van der Waals surface area contributed by atoms with Gasteiger partial charge in [0.1, 0.15) is 4.83 Å². The van der Waals surface area contributed by atoms with E-state index < -0.39 is 0 Å². The highest BCUT2D eigenvalue weighted by molar-refractivity contribution is 9.10.